The lowest BCUT2D eigenvalue weighted by atomic mass is 10.1. The quantitative estimate of drug-likeness (QED) is 0.599. The van der Waals surface area contributed by atoms with Crippen LogP contribution in [0, 0.1) is 0 Å². The summed E-state index contributed by atoms with van der Waals surface area (Å²) >= 11 is 0. The Morgan fingerprint density at radius 3 is 1.78 bits per heavy atom. The van der Waals surface area contributed by atoms with Gasteiger partial charge >= 0.3 is 0 Å². The molecule has 0 bridgehead atoms. The zero-order chi connectivity index (χ0) is 14.0. The van der Waals surface area contributed by atoms with Crippen LogP contribution in [0.2, 0.25) is 0 Å². The molecule has 2 nitrogen and oxygen atoms in total. The largest absolute Gasteiger partial charge is 0.374 e. The summed E-state index contributed by atoms with van der Waals surface area (Å²) in [5.41, 5.74) is 2.55. The molecule has 18 heavy (non-hydrogen) atoms. The maximum atomic E-state index is 12.2. The average Bonchev–Trinajstić information content (AvgIpc) is 2.31. The number of rotatable bonds is 0. The Morgan fingerprint density at radius 1 is 1.00 bits per heavy atom. The van der Waals surface area contributed by atoms with Crippen molar-refractivity contribution in [1.82, 2.24) is 0 Å². The van der Waals surface area contributed by atoms with Gasteiger partial charge in [-0.05, 0) is 27.2 Å². The normalized spacial score (nSPS) is 26.8. The number of hydrogen-bond donors (Lipinski definition) is 0. The minimum Gasteiger partial charge on any atom is -0.374 e. The van der Waals surface area contributed by atoms with Crippen LogP contribution in [0.1, 0.15) is 47.5 Å². The van der Waals surface area contributed by atoms with Crippen molar-refractivity contribution in [1.29, 1.82) is 0 Å². The molecule has 0 radical (unpaired) electrons. The zero-order valence-electron chi connectivity index (χ0n) is 12.3. The summed E-state index contributed by atoms with van der Waals surface area (Å²) in [4.78, 5) is 0. The molecule has 0 spiro atoms. The van der Waals surface area contributed by atoms with Gasteiger partial charge in [0.25, 0.3) is 0 Å². The molecule has 2 rings (SSSR count). The summed E-state index contributed by atoms with van der Waals surface area (Å²) in [6.07, 6.45) is 4.98. The summed E-state index contributed by atoms with van der Waals surface area (Å²) < 4.78 is 22.0. The first-order chi connectivity index (χ1) is 8.58. The van der Waals surface area contributed by atoms with E-state index in [0.717, 1.165) is 18.6 Å². The molecule has 0 aromatic carbocycles. The van der Waals surface area contributed by atoms with Crippen LogP contribution < -0.4 is 0 Å². The monoisotopic (exact) mass is 258 g/mol. The van der Waals surface area contributed by atoms with Gasteiger partial charge in [0, 0.05) is 6.42 Å². The highest BCUT2D eigenvalue weighted by Gasteiger charge is 2.10. The highest BCUT2D eigenvalue weighted by molar-refractivity contribution is 5.02. The van der Waals surface area contributed by atoms with Gasteiger partial charge in [0.1, 0.15) is 0 Å². The van der Waals surface area contributed by atoms with Gasteiger partial charge in [-0.2, -0.15) is 0 Å². The van der Waals surface area contributed by atoms with Crippen LogP contribution in [0.5, 0.6) is 0 Å². The predicted molar refractivity (Wildman–Crippen MR) is 74.4 cm³/mol. The van der Waals surface area contributed by atoms with E-state index in [4.69, 9.17) is 4.74 Å². The molecule has 2 atom stereocenters. The molecular weight excluding hydrogens is 231 g/mol. The molecule has 0 amide bonds. The highest BCUT2D eigenvalue weighted by atomic mass is 19.1. The van der Waals surface area contributed by atoms with E-state index in [1.54, 1.807) is 0 Å². The molecule has 0 N–H and O–H groups in total. The third-order valence-electron chi connectivity index (χ3n) is 2.61. The lowest BCUT2D eigenvalue weighted by Crippen LogP contribution is -2.13. The van der Waals surface area contributed by atoms with Crippen LogP contribution in [-0.2, 0) is 9.47 Å². The Bertz CT molecular complexity index is 244. The summed E-state index contributed by atoms with van der Waals surface area (Å²) in [5.74, 6) is 0. The van der Waals surface area contributed by atoms with Crippen LogP contribution in [0.15, 0.2) is 23.3 Å². The summed E-state index contributed by atoms with van der Waals surface area (Å²) in [6.45, 7) is 11.4. The molecule has 1 unspecified atom stereocenters. The Kier molecular flexibility index (Phi) is 9.89. The Morgan fingerprint density at radius 2 is 1.50 bits per heavy atom. The van der Waals surface area contributed by atoms with E-state index >= 15 is 0 Å². The second-order valence-corrected chi connectivity index (χ2v) is 4.40. The van der Waals surface area contributed by atoms with Crippen LogP contribution in [-0.4, -0.2) is 25.7 Å². The first-order valence-corrected chi connectivity index (χ1v) is 6.76. The molecule has 106 valence electrons. The van der Waals surface area contributed by atoms with E-state index in [0.29, 0.717) is 19.1 Å². The minimum atomic E-state index is -1.06. The first kappa shape index (κ1) is 17.3. The van der Waals surface area contributed by atoms with Crippen LogP contribution in [0.3, 0.4) is 0 Å². The van der Waals surface area contributed by atoms with Gasteiger partial charge in [-0.15, -0.1) is 0 Å². The fourth-order valence-corrected chi connectivity index (χ4v) is 1.64. The van der Waals surface area contributed by atoms with E-state index in [9.17, 15) is 4.39 Å². The van der Waals surface area contributed by atoms with E-state index in [1.807, 2.05) is 26.8 Å². The average molecular weight is 258 g/mol. The molecule has 3 heteroatoms. The Balaban J connectivity index is 0.000000283. The third-order valence-corrected chi connectivity index (χ3v) is 2.61. The van der Waals surface area contributed by atoms with Crippen molar-refractivity contribution in [2.75, 3.05) is 13.2 Å². The second-order valence-electron chi connectivity index (χ2n) is 4.40. The molecule has 2 aliphatic heterocycles. The van der Waals surface area contributed by atoms with Crippen molar-refractivity contribution in [3.8, 4) is 0 Å². The van der Waals surface area contributed by atoms with Gasteiger partial charge in [-0.3, -0.25) is 0 Å². The van der Waals surface area contributed by atoms with Crippen molar-refractivity contribution in [2.24, 2.45) is 0 Å². The van der Waals surface area contributed by atoms with E-state index in [-0.39, 0.29) is 0 Å². The predicted octanol–water partition coefficient (Wildman–Crippen LogP) is 4.42. The van der Waals surface area contributed by atoms with Gasteiger partial charge in [0.15, 0.2) is 0 Å². The smallest absolute Gasteiger partial charge is 0.202 e. The van der Waals surface area contributed by atoms with Crippen molar-refractivity contribution in [3.05, 3.63) is 23.3 Å². The number of ether oxygens (including phenoxy) is 2. The van der Waals surface area contributed by atoms with Crippen molar-refractivity contribution >= 4 is 0 Å². The van der Waals surface area contributed by atoms with Gasteiger partial charge in [-0.25, -0.2) is 4.39 Å². The molecule has 0 fully saturated rings. The lowest BCUT2D eigenvalue weighted by Gasteiger charge is -2.16. The zero-order valence-corrected chi connectivity index (χ0v) is 12.3. The standard InChI is InChI=1S/C7H12O.C6H9FO.C2H6/c1-6-3-4-8-7(2)5-6;1-5-2-3-8-6(7)4-5;1-2/h3,7H,4-5H2,1-2H3;2,6H,3-4H2,1H3;1-2H3/t7-;;/m0../s1. The SMILES string of the molecule is CC.CC1=CCOC(F)C1.CC1=CCO[C@@H](C)C1. The molecule has 0 aromatic rings. The molecule has 2 aliphatic rings. The molecule has 0 saturated carbocycles. The first-order valence-electron chi connectivity index (χ1n) is 6.76. The maximum absolute atomic E-state index is 12.2. The van der Waals surface area contributed by atoms with E-state index < -0.39 is 6.36 Å². The Labute approximate surface area is 111 Å². The maximum Gasteiger partial charge on any atom is 0.202 e. The number of alkyl halides is 1. The summed E-state index contributed by atoms with van der Waals surface area (Å²) in [6, 6.07) is 0. The summed E-state index contributed by atoms with van der Waals surface area (Å²) in [5, 5.41) is 0. The van der Waals surface area contributed by atoms with Gasteiger partial charge < -0.3 is 9.47 Å². The Hall–Kier alpha value is -0.670. The molecular formula is C15H27FO2. The molecule has 0 aliphatic carbocycles. The summed E-state index contributed by atoms with van der Waals surface area (Å²) in [7, 11) is 0. The second kappa shape index (κ2) is 10.3. The third kappa shape index (κ3) is 8.43. The number of hydrogen-bond acceptors (Lipinski definition) is 2. The van der Waals surface area contributed by atoms with Crippen molar-refractivity contribution in [2.45, 2.75) is 59.9 Å². The fraction of sp³-hybridized carbons (Fsp3) is 0.733. The van der Waals surface area contributed by atoms with Crippen LogP contribution in [0.25, 0.3) is 0 Å². The van der Waals surface area contributed by atoms with Crippen LogP contribution in [0.4, 0.5) is 4.39 Å². The van der Waals surface area contributed by atoms with Gasteiger partial charge in [-0.1, -0.05) is 37.1 Å². The van der Waals surface area contributed by atoms with Crippen molar-refractivity contribution < 1.29 is 13.9 Å². The van der Waals surface area contributed by atoms with E-state index in [1.165, 1.54) is 5.57 Å². The molecule has 0 aromatic heterocycles. The molecule has 2 heterocycles. The van der Waals surface area contributed by atoms with Gasteiger partial charge in [0.05, 0.1) is 19.3 Å². The number of halogens is 1. The minimum absolute atomic E-state index is 0.438. The fourth-order valence-electron chi connectivity index (χ4n) is 1.64. The highest BCUT2D eigenvalue weighted by Crippen LogP contribution is 2.13. The lowest BCUT2D eigenvalue weighted by molar-refractivity contribution is -0.0312. The topological polar surface area (TPSA) is 18.5 Å². The van der Waals surface area contributed by atoms with E-state index in [2.05, 4.69) is 24.7 Å². The van der Waals surface area contributed by atoms with Gasteiger partial charge in [0.2, 0.25) is 6.36 Å². The molecule has 0 saturated heterocycles. The van der Waals surface area contributed by atoms with Crippen LogP contribution >= 0.6 is 0 Å². The van der Waals surface area contributed by atoms with Crippen molar-refractivity contribution in [3.63, 3.8) is 0 Å².